The van der Waals surface area contributed by atoms with Gasteiger partial charge in [-0.3, -0.25) is 5.84 Å². The van der Waals surface area contributed by atoms with Crippen LogP contribution in [0.2, 0.25) is 0 Å². The van der Waals surface area contributed by atoms with Gasteiger partial charge in [0.25, 0.3) is 0 Å². The molecule has 156 valence electrons. The first kappa shape index (κ1) is 24.1. The summed E-state index contributed by atoms with van der Waals surface area (Å²) in [5.74, 6) is 3.96. The number of carboxylic acid groups (broad SMARTS) is 1. The molecule has 29 heavy (non-hydrogen) atoms. The normalized spacial score (nSPS) is 12.1. The van der Waals surface area contributed by atoms with Gasteiger partial charge in [-0.05, 0) is 46.7 Å². The van der Waals surface area contributed by atoms with E-state index in [1.54, 1.807) is 42.5 Å². The summed E-state index contributed by atoms with van der Waals surface area (Å²) in [6.07, 6.45) is 3.06. The van der Waals surface area contributed by atoms with Gasteiger partial charge in [0.15, 0.2) is 0 Å². The fraction of sp³-hybridized carbons (Fsp3) is 0.150. The molecule has 0 atom stereocenters. The molecule has 0 saturated heterocycles. The molecule has 2 aromatic rings. The SMILES string of the molecule is CC.NNC(/C=C/c1ccc(-c2ccc(SC(F)(F)F)cc2)cc1)=C(\N)C(=O)O. The van der Waals surface area contributed by atoms with E-state index in [-0.39, 0.29) is 22.4 Å². The third kappa shape index (κ3) is 7.92. The lowest BCUT2D eigenvalue weighted by atomic mass is 10.0. The van der Waals surface area contributed by atoms with Gasteiger partial charge >= 0.3 is 11.5 Å². The number of carbonyl (C=O) groups is 1. The predicted octanol–water partition coefficient (Wildman–Crippen LogP) is 4.72. The van der Waals surface area contributed by atoms with Gasteiger partial charge in [-0.1, -0.05) is 56.3 Å². The Morgan fingerprint density at radius 2 is 1.52 bits per heavy atom. The van der Waals surface area contributed by atoms with Gasteiger partial charge in [0, 0.05) is 4.90 Å². The van der Waals surface area contributed by atoms with Crippen LogP contribution in [0.4, 0.5) is 13.2 Å². The van der Waals surface area contributed by atoms with Crippen LogP contribution in [0.1, 0.15) is 19.4 Å². The Labute approximate surface area is 171 Å². The van der Waals surface area contributed by atoms with Gasteiger partial charge in [0.1, 0.15) is 5.70 Å². The van der Waals surface area contributed by atoms with Crippen LogP contribution in [0.15, 0.2) is 70.9 Å². The summed E-state index contributed by atoms with van der Waals surface area (Å²) in [5.41, 5.74) is 5.31. The van der Waals surface area contributed by atoms with Crippen molar-refractivity contribution < 1.29 is 23.1 Å². The highest BCUT2D eigenvalue weighted by Gasteiger charge is 2.28. The number of halogens is 3. The summed E-state index contributed by atoms with van der Waals surface area (Å²) >= 11 is -0.159. The van der Waals surface area contributed by atoms with Crippen molar-refractivity contribution in [3.05, 3.63) is 71.6 Å². The third-order valence-corrected chi connectivity index (χ3v) is 4.19. The van der Waals surface area contributed by atoms with E-state index in [0.717, 1.165) is 16.7 Å². The van der Waals surface area contributed by atoms with E-state index in [1.807, 2.05) is 13.8 Å². The molecule has 0 bridgehead atoms. The molecular weight excluding hydrogens is 403 g/mol. The first-order valence-corrected chi connectivity index (χ1v) is 9.35. The van der Waals surface area contributed by atoms with Crippen LogP contribution in [-0.2, 0) is 4.79 Å². The molecule has 0 radical (unpaired) electrons. The molecule has 0 unspecified atom stereocenters. The van der Waals surface area contributed by atoms with E-state index in [9.17, 15) is 18.0 Å². The van der Waals surface area contributed by atoms with Gasteiger partial charge in [-0.15, -0.1) is 0 Å². The Hall–Kier alpha value is -2.91. The molecule has 2 aromatic carbocycles. The second kappa shape index (κ2) is 11.2. The zero-order valence-electron chi connectivity index (χ0n) is 15.8. The predicted molar refractivity (Wildman–Crippen MR) is 110 cm³/mol. The maximum absolute atomic E-state index is 12.4. The zero-order valence-corrected chi connectivity index (χ0v) is 16.6. The smallest absolute Gasteiger partial charge is 0.446 e. The van der Waals surface area contributed by atoms with E-state index in [4.69, 9.17) is 16.7 Å². The van der Waals surface area contributed by atoms with Crippen molar-refractivity contribution in [3.63, 3.8) is 0 Å². The Morgan fingerprint density at radius 3 is 1.93 bits per heavy atom. The fourth-order valence-electron chi connectivity index (χ4n) is 2.15. The summed E-state index contributed by atoms with van der Waals surface area (Å²) < 4.78 is 37.1. The second-order valence-corrected chi connectivity index (χ2v) is 6.44. The van der Waals surface area contributed by atoms with Gasteiger partial charge in [-0.2, -0.15) is 13.2 Å². The highest BCUT2D eigenvalue weighted by molar-refractivity contribution is 8.00. The highest BCUT2D eigenvalue weighted by Crippen LogP contribution is 2.37. The molecule has 0 amide bonds. The van der Waals surface area contributed by atoms with Crippen LogP contribution in [0.3, 0.4) is 0 Å². The number of nitrogens with one attached hydrogen (secondary N) is 1. The number of nitrogens with two attached hydrogens (primary N) is 2. The maximum Gasteiger partial charge on any atom is 0.446 e. The quantitative estimate of drug-likeness (QED) is 0.176. The average Bonchev–Trinajstić information content (AvgIpc) is 2.69. The summed E-state index contributed by atoms with van der Waals surface area (Å²) in [5, 5.41) is 8.85. The Kier molecular flexibility index (Phi) is 9.30. The van der Waals surface area contributed by atoms with Gasteiger partial charge in [0.2, 0.25) is 0 Å². The molecule has 6 N–H and O–H groups in total. The number of benzene rings is 2. The number of carboxylic acids is 1. The van der Waals surface area contributed by atoms with Crippen molar-refractivity contribution >= 4 is 23.8 Å². The van der Waals surface area contributed by atoms with Crippen molar-refractivity contribution in [2.75, 3.05) is 0 Å². The number of thioether (sulfide) groups is 1. The molecule has 5 nitrogen and oxygen atoms in total. The van der Waals surface area contributed by atoms with Crippen LogP contribution in [0, 0.1) is 0 Å². The number of rotatable bonds is 6. The number of hydrazine groups is 1. The lowest BCUT2D eigenvalue weighted by Gasteiger charge is -2.07. The number of hydrogen-bond acceptors (Lipinski definition) is 5. The van der Waals surface area contributed by atoms with Crippen molar-refractivity contribution in [1.29, 1.82) is 0 Å². The van der Waals surface area contributed by atoms with Gasteiger partial charge < -0.3 is 16.3 Å². The lowest BCUT2D eigenvalue weighted by Crippen LogP contribution is -2.26. The molecule has 2 rings (SSSR count). The van der Waals surface area contributed by atoms with E-state index in [0.29, 0.717) is 0 Å². The lowest BCUT2D eigenvalue weighted by molar-refractivity contribution is -0.132. The Balaban J connectivity index is 0.00000204. The first-order chi connectivity index (χ1) is 13.7. The molecular formula is C20H22F3N3O2S. The summed E-state index contributed by atoms with van der Waals surface area (Å²) in [7, 11) is 0. The summed E-state index contributed by atoms with van der Waals surface area (Å²) in [6, 6.07) is 13.2. The number of hydrogen-bond donors (Lipinski definition) is 4. The molecule has 0 fully saturated rings. The average molecular weight is 425 g/mol. The number of allylic oxidation sites excluding steroid dienone is 1. The van der Waals surface area contributed by atoms with E-state index >= 15 is 0 Å². The minimum atomic E-state index is -4.31. The van der Waals surface area contributed by atoms with Crippen molar-refractivity contribution in [3.8, 4) is 11.1 Å². The van der Waals surface area contributed by atoms with Crippen LogP contribution in [0.25, 0.3) is 17.2 Å². The van der Waals surface area contributed by atoms with Crippen LogP contribution in [0.5, 0.6) is 0 Å². The van der Waals surface area contributed by atoms with Crippen molar-refractivity contribution in [2.45, 2.75) is 24.3 Å². The van der Waals surface area contributed by atoms with Crippen LogP contribution >= 0.6 is 11.8 Å². The van der Waals surface area contributed by atoms with Crippen LogP contribution < -0.4 is 17.0 Å². The molecule has 0 aromatic heterocycles. The highest BCUT2D eigenvalue weighted by atomic mass is 32.2. The standard InChI is InChI=1S/C18H16F3N3O2S.C2H6/c19-18(20,21)27-14-8-6-13(7-9-14)12-4-1-11(2-5-12)3-10-15(24-23)16(22)17(25)26;1-2/h1-10,24H,22-23H2,(H,25,26);1-2H3/b10-3+,16-15-;. The molecule has 0 saturated carbocycles. The number of alkyl halides is 3. The van der Waals surface area contributed by atoms with Gasteiger partial charge in [-0.25, -0.2) is 4.79 Å². The molecule has 0 heterocycles. The topological polar surface area (TPSA) is 101 Å². The summed E-state index contributed by atoms with van der Waals surface area (Å²) in [4.78, 5) is 11.0. The minimum Gasteiger partial charge on any atom is -0.477 e. The minimum absolute atomic E-state index is 0.0596. The molecule has 9 heteroatoms. The third-order valence-electron chi connectivity index (χ3n) is 3.45. The van der Waals surface area contributed by atoms with E-state index < -0.39 is 17.2 Å². The van der Waals surface area contributed by atoms with Crippen molar-refractivity contribution in [1.82, 2.24) is 5.43 Å². The zero-order chi connectivity index (χ0) is 22.0. The Morgan fingerprint density at radius 1 is 1.03 bits per heavy atom. The summed E-state index contributed by atoms with van der Waals surface area (Å²) in [6.45, 7) is 4.00. The second-order valence-electron chi connectivity index (χ2n) is 5.30. The molecule has 0 aliphatic heterocycles. The van der Waals surface area contributed by atoms with Crippen LogP contribution in [-0.4, -0.2) is 16.6 Å². The molecule has 0 aliphatic rings. The molecule has 0 aliphatic carbocycles. The molecule has 0 spiro atoms. The van der Waals surface area contributed by atoms with Gasteiger partial charge in [0.05, 0.1) is 5.70 Å². The fourth-order valence-corrected chi connectivity index (χ4v) is 2.69. The monoisotopic (exact) mass is 425 g/mol. The van der Waals surface area contributed by atoms with E-state index in [2.05, 4.69) is 5.43 Å². The number of aliphatic carboxylic acids is 1. The largest absolute Gasteiger partial charge is 0.477 e. The van der Waals surface area contributed by atoms with E-state index in [1.165, 1.54) is 18.2 Å². The Bertz CT molecular complexity index is 862. The maximum atomic E-state index is 12.4. The van der Waals surface area contributed by atoms with Crippen molar-refractivity contribution in [2.24, 2.45) is 11.6 Å². The first-order valence-electron chi connectivity index (χ1n) is 8.53.